The molecule has 0 saturated heterocycles. The van der Waals surface area contributed by atoms with Gasteiger partial charge in [0.25, 0.3) is 0 Å². The van der Waals surface area contributed by atoms with E-state index in [4.69, 9.17) is 4.52 Å². The number of nitrogens with zero attached hydrogens (tertiary/aromatic N) is 3. The van der Waals surface area contributed by atoms with Crippen LogP contribution in [-0.2, 0) is 6.42 Å². The molecule has 0 aliphatic carbocycles. The largest absolute Gasteiger partial charge is 0.361 e. The fourth-order valence-corrected chi connectivity index (χ4v) is 3.01. The van der Waals surface area contributed by atoms with Crippen LogP contribution in [-0.4, -0.2) is 26.2 Å². The van der Waals surface area contributed by atoms with Gasteiger partial charge in [0, 0.05) is 16.9 Å². The Bertz CT molecular complexity index is 843. The molecule has 0 radical (unpaired) electrons. The van der Waals surface area contributed by atoms with Crippen molar-refractivity contribution in [1.29, 1.82) is 0 Å². The predicted octanol–water partition coefficient (Wildman–Crippen LogP) is 2.48. The highest BCUT2D eigenvalue weighted by molar-refractivity contribution is 7.98. The first-order valence-electron chi connectivity index (χ1n) is 6.83. The number of nitrogens with one attached hydrogen (secondary N) is 1. The summed E-state index contributed by atoms with van der Waals surface area (Å²) in [6, 6.07) is 7.77. The maximum absolute atomic E-state index is 12.2. The molecule has 0 amide bonds. The Morgan fingerprint density at radius 1 is 1.32 bits per heavy atom. The smallest absolute Gasteiger partial charge is 0.347 e. The minimum atomic E-state index is -0.247. The van der Waals surface area contributed by atoms with E-state index in [-0.39, 0.29) is 5.69 Å². The Balaban J connectivity index is 2.11. The van der Waals surface area contributed by atoms with Gasteiger partial charge in [-0.1, -0.05) is 17.3 Å². The molecule has 3 rings (SSSR count). The standard InChI is InChI=1S/C15H16N4O2S/c1-9-11(10(2)21-18-9)8-14-16-17-15(20)19(14)12-6-4-5-7-13(12)22-3/h4-7H,8H2,1-3H3,(H,17,20). The molecule has 0 spiro atoms. The number of thioether (sulfide) groups is 1. The fourth-order valence-electron chi connectivity index (χ4n) is 2.42. The summed E-state index contributed by atoms with van der Waals surface area (Å²) < 4.78 is 6.79. The maximum atomic E-state index is 12.2. The second kappa shape index (κ2) is 5.84. The molecule has 6 nitrogen and oxygen atoms in total. The lowest BCUT2D eigenvalue weighted by Gasteiger charge is -2.09. The monoisotopic (exact) mass is 316 g/mol. The summed E-state index contributed by atoms with van der Waals surface area (Å²) in [7, 11) is 0. The molecule has 0 atom stereocenters. The highest BCUT2D eigenvalue weighted by Crippen LogP contribution is 2.24. The van der Waals surface area contributed by atoms with Crippen molar-refractivity contribution < 1.29 is 4.52 Å². The van der Waals surface area contributed by atoms with E-state index in [1.165, 1.54) is 0 Å². The third-order valence-corrected chi connectivity index (χ3v) is 4.37. The van der Waals surface area contributed by atoms with Gasteiger partial charge in [0.1, 0.15) is 11.6 Å². The second-order valence-electron chi connectivity index (χ2n) is 4.93. The van der Waals surface area contributed by atoms with Crippen molar-refractivity contribution in [3.63, 3.8) is 0 Å². The molecule has 1 aromatic carbocycles. The number of rotatable bonds is 4. The van der Waals surface area contributed by atoms with E-state index >= 15 is 0 Å². The van der Waals surface area contributed by atoms with E-state index in [1.54, 1.807) is 16.3 Å². The molecule has 0 aliphatic rings. The van der Waals surface area contributed by atoms with Gasteiger partial charge in [0.2, 0.25) is 0 Å². The molecule has 2 heterocycles. The molecular formula is C15H16N4O2S. The first kappa shape index (κ1) is 14.6. The highest BCUT2D eigenvalue weighted by atomic mass is 32.2. The Morgan fingerprint density at radius 2 is 2.09 bits per heavy atom. The van der Waals surface area contributed by atoms with E-state index < -0.39 is 0 Å². The molecule has 7 heteroatoms. The van der Waals surface area contributed by atoms with E-state index in [0.29, 0.717) is 12.2 Å². The molecule has 0 aliphatic heterocycles. The summed E-state index contributed by atoms with van der Waals surface area (Å²) in [5.41, 5.74) is 2.36. The third kappa shape index (κ3) is 2.48. The highest BCUT2D eigenvalue weighted by Gasteiger charge is 2.17. The van der Waals surface area contributed by atoms with Crippen LogP contribution < -0.4 is 5.69 Å². The van der Waals surface area contributed by atoms with Gasteiger partial charge in [-0.25, -0.2) is 14.5 Å². The predicted molar refractivity (Wildman–Crippen MR) is 84.7 cm³/mol. The Kier molecular flexibility index (Phi) is 3.89. The van der Waals surface area contributed by atoms with Crippen LogP contribution >= 0.6 is 11.8 Å². The SMILES string of the molecule is CSc1ccccc1-n1c(Cc2c(C)noc2C)n[nH]c1=O. The van der Waals surface area contributed by atoms with Crippen LogP contribution in [0.15, 0.2) is 38.5 Å². The van der Waals surface area contributed by atoms with Crippen LogP contribution in [0.5, 0.6) is 0 Å². The van der Waals surface area contributed by atoms with Gasteiger partial charge in [-0.2, -0.15) is 5.10 Å². The lowest BCUT2D eigenvalue weighted by molar-refractivity contribution is 0.392. The maximum Gasteiger partial charge on any atom is 0.347 e. The van der Waals surface area contributed by atoms with E-state index in [9.17, 15) is 4.79 Å². The lowest BCUT2D eigenvalue weighted by Crippen LogP contribution is -2.18. The van der Waals surface area contributed by atoms with Crippen LogP contribution in [0.25, 0.3) is 5.69 Å². The summed E-state index contributed by atoms with van der Waals surface area (Å²) in [5, 5.41) is 10.7. The molecule has 3 aromatic rings. The second-order valence-corrected chi connectivity index (χ2v) is 5.78. The van der Waals surface area contributed by atoms with Crippen molar-refractivity contribution in [3.05, 3.63) is 57.6 Å². The zero-order valence-corrected chi connectivity index (χ0v) is 13.4. The first-order valence-corrected chi connectivity index (χ1v) is 8.05. The van der Waals surface area contributed by atoms with Crippen LogP contribution in [0.2, 0.25) is 0 Å². The molecule has 0 fully saturated rings. The van der Waals surface area contributed by atoms with Gasteiger partial charge >= 0.3 is 5.69 Å². The first-order chi connectivity index (χ1) is 10.6. The Labute approximate surface area is 131 Å². The van der Waals surface area contributed by atoms with Gasteiger partial charge < -0.3 is 4.52 Å². The van der Waals surface area contributed by atoms with Crippen LogP contribution in [0.4, 0.5) is 0 Å². The molecule has 114 valence electrons. The van der Waals surface area contributed by atoms with E-state index in [0.717, 1.165) is 27.6 Å². The quantitative estimate of drug-likeness (QED) is 0.748. The number of aryl methyl sites for hydroxylation is 2. The number of hydrogen-bond donors (Lipinski definition) is 1. The average molecular weight is 316 g/mol. The fraction of sp³-hybridized carbons (Fsp3) is 0.267. The molecule has 1 N–H and O–H groups in total. The molecular weight excluding hydrogens is 300 g/mol. The van der Waals surface area contributed by atoms with Gasteiger partial charge in [-0.3, -0.25) is 0 Å². The summed E-state index contributed by atoms with van der Waals surface area (Å²) >= 11 is 1.59. The van der Waals surface area contributed by atoms with Crippen molar-refractivity contribution >= 4 is 11.8 Å². The van der Waals surface area contributed by atoms with Crippen molar-refractivity contribution in [2.75, 3.05) is 6.26 Å². The number of aromatic nitrogens is 4. The number of para-hydroxylation sites is 1. The van der Waals surface area contributed by atoms with E-state index in [1.807, 2.05) is 44.4 Å². The van der Waals surface area contributed by atoms with Crippen molar-refractivity contribution in [2.45, 2.75) is 25.2 Å². The van der Waals surface area contributed by atoms with Crippen molar-refractivity contribution in [2.24, 2.45) is 0 Å². The summed E-state index contributed by atoms with van der Waals surface area (Å²) in [6.45, 7) is 3.75. The number of aromatic amines is 1. The minimum absolute atomic E-state index is 0.247. The summed E-state index contributed by atoms with van der Waals surface area (Å²) in [4.78, 5) is 13.2. The number of H-pyrrole nitrogens is 1. The molecule has 0 bridgehead atoms. The van der Waals surface area contributed by atoms with E-state index in [2.05, 4.69) is 15.4 Å². The summed E-state index contributed by atoms with van der Waals surface area (Å²) in [6.07, 6.45) is 2.47. The normalized spacial score (nSPS) is 11.0. The molecule has 2 aromatic heterocycles. The zero-order chi connectivity index (χ0) is 15.7. The molecule has 0 unspecified atom stereocenters. The van der Waals surface area contributed by atoms with Crippen LogP contribution in [0, 0.1) is 13.8 Å². The minimum Gasteiger partial charge on any atom is -0.361 e. The number of benzene rings is 1. The van der Waals surface area contributed by atoms with Crippen LogP contribution in [0.1, 0.15) is 22.8 Å². The third-order valence-electron chi connectivity index (χ3n) is 3.58. The molecule has 0 saturated carbocycles. The van der Waals surface area contributed by atoms with Gasteiger partial charge in [0.05, 0.1) is 11.4 Å². The lowest BCUT2D eigenvalue weighted by atomic mass is 10.1. The van der Waals surface area contributed by atoms with Crippen LogP contribution in [0.3, 0.4) is 0 Å². The van der Waals surface area contributed by atoms with Gasteiger partial charge in [-0.15, -0.1) is 11.8 Å². The zero-order valence-electron chi connectivity index (χ0n) is 12.6. The van der Waals surface area contributed by atoms with Gasteiger partial charge in [-0.05, 0) is 32.2 Å². The van der Waals surface area contributed by atoms with Gasteiger partial charge in [0.15, 0.2) is 0 Å². The Hall–Kier alpha value is -2.28. The Morgan fingerprint density at radius 3 is 2.77 bits per heavy atom. The molecule has 22 heavy (non-hydrogen) atoms. The topological polar surface area (TPSA) is 76.7 Å². The average Bonchev–Trinajstić information content (AvgIpc) is 3.04. The number of hydrogen-bond acceptors (Lipinski definition) is 5. The van der Waals surface area contributed by atoms with Crippen molar-refractivity contribution in [1.82, 2.24) is 19.9 Å². The van der Waals surface area contributed by atoms with Crippen molar-refractivity contribution in [3.8, 4) is 5.69 Å². The summed E-state index contributed by atoms with van der Waals surface area (Å²) in [5.74, 6) is 1.39.